The first kappa shape index (κ1) is 11.3. The van der Waals surface area contributed by atoms with E-state index in [4.69, 9.17) is 5.11 Å². The Labute approximate surface area is 92.0 Å². The minimum absolute atomic E-state index is 0.679. The minimum Gasteiger partial charge on any atom is -0.378 e. The molecule has 0 heterocycles. The molecule has 0 fully saturated rings. The first-order chi connectivity index (χ1) is 7.44. The predicted octanol–water partition coefficient (Wildman–Crippen LogP) is -1.75. The average Bonchev–Trinajstić information content (AvgIpc) is 2.52. The van der Waals surface area contributed by atoms with Crippen molar-refractivity contribution in [2.75, 3.05) is 5.94 Å². The van der Waals surface area contributed by atoms with Gasteiger partial charge >= 0.3 is 0 Å². The summed E-state index contributed by atoms with van der Waals surface area (Å²) in [6.45, 7) is 0. The van der Waals surface area contributed by atoms with Crippen LogP contribution in [0.15, 0.2) is 24.3 Å². The molecule has 0 amide bonds. The van der Waals surface area contributed by atoms with Crippen LogP contribution >= 0.6 is 0 Å². The summed E-state index contributed by atoms with van der Waals surface area (Å²) >= 11 is 0. The highest BCUT2D eigenvalue weighted by Gasteiger charge is 2.31. The number of fused-ring (bicyclic) bond motifs is 1. The highest BCUT2D eigenvalue weighted by Crippen LogP contribution is 2.16. The second kappa shape index (κ2) is 3.67. The summed E-state index contributed by atoms with van der Waals surface area (Å²) in [5.41, 5.74) is 0. The van der Waals surface area contributed by atoms with Gasteiger partial charge in [0.2, 0.25) is 5.79 Å². The Kier molecular flexibility index (Phi) is 2.59. The molecule has 86 valence electrons. The minimum atomic E-state index is -4.14. The van der Waals surface area contributed by atoms with Crippen LogP contribution in [0.1, 0.15) is 0 Å². The van der Waals surface area contributed by atoms with E-state index in [1.54, 1.807) is 24.3 Å². The number of benzene rings is 1. The van der Waals surface area contributed by atoms with Crippen molar-refractivity contribution in [1.29, 1.82) is 0 Å². The van der Waals surface area contributed by atoms with Gasteiger partial charge in [0.05, 0.1) is 0 Å². The second-order valence-electron chi connectivity index (χ2n) is 3.44. The fourth-order valence-electron chi connectivity index (χ4n) is 1.54. The highest BCUT2D eigenvalue weighted by molar-refractivity contribution is 7.86. The van der Waals surface area contributed by atoms with E-state index >= 15 is 0 Å². The van der Waals surface area contributed by atoms with Gasteiger partial charge in [-0.25, -0.2) is 4.18 Å². The SMILES string of the molecule is O=S(=O)(CO)OC1(O)C=c2ccccc2=C1. The Balaban J connectivity index is 2.43. The molecular formula is C10H10O5S. The van der Waals surface area contributed by atoms with Gasteiger partial charge in [-0.15, -0.1) is 0 Å². The van der Waals surface area contributed by atoms with Gasteiger partial charge in [-0.05, 0) is 22.6 Å². The Bertz CT molecular complexity index is 582. The zero-order valence-corrected chi connectivity index (χ0v) is 9.02. The van der Waals surface area contributed by atoms with Crippen LogP contribution in [-0.4, -0.2) is 30.4 Å². The molecule has 0 aromatic heterocycles. The lowest BCUT2D eigenvalue weighted by molar-refractivity contribution is -0.0171. The molecule has 1 aromatic carbocycles. The average molecular weight is 242 g/mol. The van der Waals surface area contributed by atoms with Gasteiger partial charge < -0.3 is 10.2 Å². The largest absolute Gasteiger partial charge is 0.378 e. The van der Waals surface area contributed by atoms with Crippen LogP contribution in [-0.2, 0) is 14.3 Å². The second-order valence-corrected chi connectivity index (χ2v) is 4.98. The van der Waals surface area contributed by atoms with Crippen molar-refractivity contribution in [3.05, 3.63) is 34.7 Å². The lowest BCUT2D eigenvalue weighted by Crippen LogP contribution is -2.30. The quantitative estimate of drug-likeness (QED) is 0.485. The predicted molar refractivity (Wildman–Crippen MR) is 56.7 cm³/mol. The van der Waals surface area contributed by atoms with Crippen LogP contribution in [0.25, 0.3) is 12.2 Å². The van der Waals surface area contributed by atoms with Crippen LogP contribution < -0.4 is 10.4 Å². The van der Waals surface area contributed by atoms with E-state index < -0.39 is 21.8 Å². The Morgan fingerprint density at radius 3 is 2.12 bits per heavy atom. The molecule has 1 aliphatic rings. The van der Waals surface area contributed by atoms with Crippen LogP contribution in [0.3, 0.4) is 0 Å². The van der Waals surface area contributed by atoms with Gasteiger partial charge in [0.25, 0.3) is 10.1 Å². The molecule has 6 heteroatoms. The van der Waals surface area contributed by atoms with E-state index in [-0.39, 0.29) is 0 Å². The van der Waals surface area contributed by atoms with E-state index in [9.17, 15) is 13.5 Å². The summed E-state index contributed by atoms with van der Waals surface area (Å²) in [7, 11) is -4.14. The van der Waals surface area contributed by atoms with Gasteiger partial charge in [-0.3, -0.25) is 0 Å². The standard InChI is InChI=1S/C10H10O5S/c11-7-16(13,14)15-10(12)5-8-3-1-2-4-9(8)6-10/h1-6,11-12H,7H2. The fraction of sp³-hybridized carbons (Fsp3) is 0.200. The van der Waals surface area contributed by atoms with Crippen molar-refractivity contribution >= 4 is 22.3 Å². The van der Waals surface area contributed by atoms with Crippen molar-refractivity contribution < 1.29 is 22.8 Å². The van der Waals surface area contributed by atoms with Gasteiger partial charge in [-0.1, -0.05) is 24.3 Å². The topological polar surface area (TPSA) is 83.8 Å². The van der Waals surface area contributed by atoms with E-state index in [2.05, 4.69) is 4.18 Å². The molecule has 16 heavy (non-hydrogen) atoms. The number of hydrogen-bond donors (Lipinski definition) is 2. The molecule has 1 aromatic rings. The van der Waals surface area contributed by atoms with Crippen molar-refractivity contribution in [2.45, 2.75) is 5.79 Å². The summed E-state index contributed by atoms with van der Waals surface area (Å²) < 4.78 is 26.6. The lowest BCUT2D eigenvalue weighted by Gasteiger charge is -2.16. The van der Waals surface area contributed by atoms with Crippen LogP contribution in [0.2, 0.25) is 0 Å². The molecule has 0 saturated carbocycles. The molecule has 2 N–H and O–H groups in total. The van der Waals surface area contributed by atoms with Crippen LogP contribution in [0, 0.1) is 0 Å². The Morgan fingerprint density at radius 2 is 1.69 bits per heavy atom. The third kappa shape index (κ3) is 2.14. The first-order valence-corrected chi connectivity index (χ1v) is 6.09. The Morgan fingerprint density at radius 1 is 1.19 bits per heavy atom. The summed E-state index contributed by atoms with van der Waals surface area (Å²) in [5, 5.41) is 19.7. The Hall–Kier alpha value is -1.21. The molecule has 1 aliphatic carbocycles. The smallest absolute Gasteiger partial charge is 0.294 e. The molecular weight excluding hydrogens is 232 g/mol. The molecule has 0 atom stereocenters. The monoisotopic (exact) mass is 242 g/mol. The molecule has 0 bridgehead atoms. The van der Waals surface area contributed by atoms with Crippen LogP contribution in [0.4, 0.5) is 0 Å². The molecule has 0 unspecified atom stereocenters. The van der Waals surface area contributed by atoms with Gasteiger partial charge in [0.1, 0.15) is 0 Å². The number of aliphatic hydroxyl groups is 2. The van der Waals surface area contributed by atoms with Crippen molar-refractivity contribution in [3.8, 4) is 0 Å². The number of aliphatic hydroxyl groups excluding tert-OH is 1. The van der Waals surface area contributed by atoms with Crippen molar-refractivity contribution in [1.82, 2.24) is 0 Å². The molecule has 0 aliphatic heterocycles. The van der Waals surface area contributed by atoms with Crippen molar-refractivity contribution in [3.63, 3.8) is 0 Å². The van der Waals surface area contributed by atoms with E-state index in [1.807, 2.05) is 0 Å². The highest BCUT2D eigenvalue weighted by atomic mass is 32.2. The third-order valence-corrected chi connectivity index (χ3v) is 2.98. The maximum absolute atomic E-state index is 11.0. The normalized spacial score (nSPS) is 17.4. The lowest BCUT2D eigenvalue weighted by atomic mass is 10.3. The fourth-order valence-corrected chi connectivity index (χ4v) is 2.09. The van der Waals surface area contributed by atoms with Gasteiger partial charge in [0, 0.05) is 0 Å². The van der Waals surface area contributed by atoms with Gasteiger partial charge in [0.15, 0.2) is 5.94 Å². The van der Waals surface area contributed by atoms with Gasteiger partial charge in [-0.2, -0.15) is 8.42 Å². The third-order valence-electron chi connectivity index (χ3n) is 2.14. The summed E-state index contributed by atoms with van der Waals surface area (Å²) in [6, 6.07) is 6.96. The summed E-state index contributed by atoms with van der Waals surface area (Å²) in [4.78, 5) is 0. The van der Waals surface area contributed by atoms with E-state index in [0.29, 0.717) is 10.4 Å². The molecule has 0 radical (unpaired) electrons. The molecule has 0 saturated heterocycles. The van der Waals surface area contributed by atoms with Crippen molar-refractivity contribution in [2.24, 2.45) is 0 Å². The summed E-state index contributed by atoms with van der Waals surface area (Å²) in [6.07, 6.45) is 2.55. The zero-order valence-electron chi connectivity index (χ0n) is 8.20. The number of rotatable bonds is 3. The molecule has 0 spiro atoms. The van der Waals surface area contributed by atoms with Crippen LogP contribution in [0.5, 0.6) is 0 Å². The number of hydrogen-bond acceptors (Lipinski definition) is 5. The molecule has 5 nitrogen and oxygen atoms in total. The maximum atomic E-state index is 11.0. The summed E-state index contributed by atoms with van der Waals surface area (Å²) in [5.74, 6) is -3.18. The van der Waals surface area contributed by atoms with E-state index in [0.717, 1.165) is 0 Å². The maximum Gasteiger partial charge on any atom is 0.294 e. The first-order valence-electron chi connectivity index (χ1n) is 4.51. The van der Waals surface area contributed by atoms with E-state index in [1.165, 1.54) is 12.2 Å². The zero-order chi connectivity index (χ0) is 11.8. The molecule has 2 rings (SSSR count).